The molecule has 0 N–H and O–H groups in total. The highest BCUT2D eigenvalue weighted by molar-refractivity contribution is 8.23. The Morgan fingerprint density at radius 2 is 2.10 bits per heavy atom. The quantitative estimate of drug-likeness (QED) is 0.786. The van der Waals surface area contributed by atoms with Gasteiger partial charge in [0.25, 0.3) is 0 Å². The van der Waals surface area contributed by atoms with Crippen LogP contribution in [0.15, 0.2) is 24.3 Å². The van der Waals surface area contributed by atoms with E-state index in [4.69, 9.17) is 12.2 Å². The van der Waals surface area contributed by atoms with Gasteiger partial charge < -0.3 is 4.90 Å². The van der Waals surface area contributed by atoms with Gasteiger partial charge in [-0.05, 0) is 36.8 Å². The Bertz CT molecular complexity index is 527. The minimum Gasteiger partial charge on any atom is -0.344 e. The fraction of sp³-hybridized carbons (Fsp3) is 0.562. The summed E-state index contributed by atoms with van der Waals surface area (Å²) in [6.07, 6.45) is 5.26. The Morgan fingerprint density at radius 3 is 2.85 bits per heavy atom. The van der Waals surface area contributed by atoms with E-state index in [0.717, 1.165) is 23.6 Å². The molecule has 20 heavy (non-hydrogen) atoms. The highest BCUT2D eigenvalue weighted by Gasteiger charge is 2.38. The zero-order valence-corrected chi connectivity index (χ0v) is 13.3. The highest BCUT2D eigenvalue weighted by Crippen LogP contribution is 2.42. The molecule has 1 saturated heterocycles. The maximum Gasteiger partial charge on any atom is 0.137 e. The maximum absolute atomic E-state index is 5.48. The third-order valence-electron chi connectivity index (χ3n) is 4.70. The maximum atomic E-state index is 5.48. The van der Waals surface area contributed by atoms with Crippen molar-refractivity contribution >= 4 is 28.3 Å². The van der Waals surface area contributed by atoms with Crippen molar-refractivity contribution in [1.82, 2.24) is 9.80 Å². The Hall–Kier alpha value is -0.580. The monoisotopic (exact) mass is 304 g/mol. The van der Waals surface area contributed by atoms with Crippen LogP contribution in [0.3, 0.4) is 0 Å². The number of hydrogen-bond donors (Lipinski definition) is 0. The number of benzene rings is 1. The molecule has 1 saturated carbocycles. The van der Waals surface area contributed by atoms with Gasteiger partial charge in [0.1, 0.15) is 4.32 Å². The van der Waals surface area contributed by atoms with E-state index in [1.807, 2.05) is 11.8 Å². The predicted molar refractivity (Wildman–Crippen MR) is 89.0 cm³/mol. The van der Waals surface area contributed by atoms with Crippen LogP contribution in [-0.4, -0.2) is 39.1 Å². The lowest BCUT2D eigenvalue weighted by molar-refractivity contribution is 0.130. The molecule has 4 rings (SSSR count). The molecule has 1 aromatic carbocycles. The predicted octanol–water partition coefficient (Wildman–Crippen LogP) is 3.43. The molecule has 1 atom stereocenters. The molecule has 1 unspecified atom stereocenters. The molecule has 1 heterocycles. The summed E-state index contributed by atoms with van der Waals surface area (Å²) >= 11 is 7.32. The van der Waals surface area contributed by atoms with Gasteiger partial charge in [0, 0.05) is 24.4 Å². The fourth-order valence-electron chi connectivity index (χ4n) is 3.51. The average molecular weight is 304 g/mol. The van der Waals surface area contributed by atoms with Gasteiger partial charge >= 0.3 is 0 Å². The Balaban J connectivity index is 1.56. The van der Waals surface area contributed by atoms with Crippen LogP contribution in [0, 0.1) is 0 Å². The molecule has 0 spiro atoms. The largest absolute Gasteiger partial charge is 0.344 e. The van der Waals surface area contributed by atoms with E-state index in [-0.39, 0.29) is 0 Å². The zero-order valence-electron chi connectivity index (χ0n) is 11.6. The highest BCUT2D eigenvalue weighted by atomic mass is 32.2. The number of nitrogens with zero attached hydrogens (tertiary/aromatic N) is 2. The molecule has 0 aromatic heterocycles. The Labute approximate surface area is 130 Å². The lowest BCUT2D eigenvalue weighted by atomic mass is 10.1. The van der Waals surface area contributed by atoms with Crippen LogP contribution in [0.5, 0.6) is 0 Å². The second-order valence-corrected chi connectivity index (χ2v) is 7.75. The minimum atomic E-state index is 0.618. The first-order chi connectivity index (χ1) is 9.83. The number of rotatable bonds is 4. The molecule has 0 radical (unpaired) electrons. The van der Waals surface area contributed by atoms with Crippen LogP contribution in [0.25, 0.3) is 0 Å². The SMILES string of the molecule is S=C1SCCN1CN(C1CC1)C1CCc2ccccc21. The first-order valence-electron chi connectivity index (χ1n) is 7.58. The summed E-state index contributed by atoms with van der Waals surface area (Å²) in [6, 6.07) is 10.4. The standard InChI is InChI=1S/C16H20N2S2/c19-16-17(9-10-20-16)11-18(13-6-7-13)15-8-5-12-3-1-2-4-14(12)15/h1-4,13,15H,5-11H2. The van der Waals surface area contributed by atoms with Gasteiger partial charge in [0.2, 0.25) is 0 Å². The molecule has 3 aliphatic rings. The van der Waals surface area contributed by atoms with E-state index in [1.54, 1.807) is 11.1 Å². The van der Waals surface area contributed by atoms with Crippen LogP contribution >= 0.6 is 24.0 Å². The van der Waals surface area contributed by atoms with Gasteiger partial charge in [-0.3, -0.25) is 4.90 Å². The van der Waals surface area contributed by atoms with Crippen LogP contribution in [-0.2, 0) is 6.42 Å². The molecule has 1 aliphatic heterocycles. The van der Waals surface area contributed by atoms with Gasteiger partial charge in [0.05, 0.1) is 6.67 Å². The van der Waals surface area contributed by atoms with Crippen molar-refractivity contribution in [2.45, 2.75) is 37.8 Å². The summed E-state index contributed by atoms with van der Waals surface area (Å²) in [6.45, 7) is 2.16. The summed E-state index contributed by atoms with van der Waals surface area (Å²) in [7, 11) is 0. The second-order valence-electron chi connectivity index (χ2n) is 6.02. The number of fused-ring (bicyclic) bond motifs is 1. The third-order valence-corrected chi connectivity index (χ3v) is 6.20. The Morgan fingerprint density at radius 1 is 1.25 bits per heavy atom. The van der Waals surface area contributed by atoms with E-state index < -0.39 is 0 Å². The van der Waals surface area contributed by atoms with Crippen molar-refractivity contribution in [3.05, 3.63) is 35.4 Å². The van der Waals surface area contributed by atoms with Gasteiger partial charge in [-0.2, -0.15) is 0 Å². The summed E-state index contributed by atoms with van der Waals surface area (Å²) in [5.74, 6) is 1.17. The number of hydrogen-bond acceptors (Lipinski definition) is 3. The van der Waals surface area contributed by atoms with Crippen LogP contribution in [0.1, 0.15) is 36.4 Å². The summed E-state index contributed by atoms with van der Waals surface area (Å²) in [4.78, 5) is 5.13. The summed E-state index contributed by atoms with van der Waals surface area (Å²) in [5.41, 5.74) is 3.12. The molecule has 2 nitrogen and oxygen atoms in total. The van der Waals surface area contributed by atoms with Crippen LogP contribution in [0.2, 0.25) is 0 Å². The molecule has 0 bridgehead atoms. The Kier molecular flexibility index (Phi) is 3.49. The van der Waals surface area contributed by atoms with Crippen LogP contribution < -0.4 is 0 Å². The molecule has 4 heteroatoms. The van der Waals surface area contributed by atoms with Crippen molar-refractivity contribution in [2.75, 3.05) is 19.0 Å². The van der Waals surface area contributed by atoms with Gasteiger partial charge in [-0.1, -0.05) is 48.2 Å². The van der Waals surface area contributed by atoms with Gasteiger partial charge in [-0.25, -0.2) is 0 Å². The fourth-order valence-corrected chi connectivity index (χ4v) is 4.72. The summed E-state index contributed by atoms with van der Waals surface area (Å²) < 4.78 is 1.10. The van der Waals surface area contributed by atoms with E-state index in [0.29, 0.717) is 6.04 Å². The van der Waals surface area contributed by atoms with Crippen LogP contribution in [0.4, 0.5) is 0 Å². The lowest BCUT2D eigenvalue weighted by Gasteiger charge is -2.33. The van der Waals surface area contributed by atoms with Gasteiger partial charge in [-0.15, -0.1) is 0 Å². The number of thioether (sulfide) groups is 1. The average Bonchev–Trinajstić information content (AvgIpc) is 3.10. The third kappa shape index (κ3) is 2.38. The summed E-state index contributed by atoms with van der Waals surface area (Å²) in [5, 5.41) is 0. The number of thiocarbonyl (C=S) groups is 1. The lowest BCUT2D eigenvalue weighted by Crippen LogP contribution is -2.41. The first kappa shape index (κ1) is 13.1. The van der Waals surface area contributed by atoms with E-state index in [9.17, 15) is 0 Å². The minimum absolute atomic E-state index is 0.618. The van der Waals surface area contributed by atoms with Crippen molar-refractivity contribution < 1.29 is 0 Å². The van der Waals surface area contributed by atoms with Crippen molar-refractivity contribution in [1.29, 1.82) is 0 Å². The molecule has 2 aliphatic carbocycles. The van der Waals surface area contributed by atoms with Crippen molar-refractivity contribution in [2.24, 2.45) is 0 Å². The zero-order chi connectivity index (χ0) is 13.5. The van der Waals surface area contributed by atoms with Gasteiger partial charge in [0.15, 0.2) is 0 Å². The van der Waals surface area contributed by atoms with E-state index in [1.165, 1.54) is 31.4 Å². The normalized spacial score (nSPS) is 25.6. The molecular formula is C16H20N2S2. The molecular weight excluding hydrogens is 284 g/mol. The molecule has 0 amide bonds. The second kappa shape index (κ2) is 5.32. The topological polar surface area (TPSA) is 6.48 Å². The van der Waals surface area contributed by atoms with E-state index >= 15 is 0 Å². The molecule has 2 fully saturated rings. The smallest absolute Gasteiger partial charge is 0.137 e. The number of aryl methyl sites for hydroxylation is 1. The molecule has 1 aromatic rings. The first-order valence-corrected chi connectivity index (χ1v) is 8.97. The molecule has 106 valence electrons. The van der Waals surface area contributed by atoms with Crippen molar-refractivity contribution in [3.8, 4) is 0 Å². The van der Waals surface area contributed by atoms with Crippen molar-refractivity contribution in [3.63, 3.8) is 0 Å². The van der Waals surface area contributed by atoms with E-state index in [2.05, 4.69) is 34.1 Å².